The standard InChI is InChI=1S/C12H23N/c1-4-10(2)6-5-7-12(13-3)11-8-9-11/h11-13H,2,4-9H2,1,3H3. The van der Waals surface area contributed by atoms with E-state index in [0.29, 0.717) is 0 Å². The van der Waals surface area contributed by atoms with E-state index in [-0.39, 0.29) is 0 Å². The minimum absolute atomic E-state index is 0.782. The van der Waals surface area contributed by atoms with Gasteiger partial charge in [-0.05, 0) is 51.5 Å². The van der Waals surface area contributed by atoms with Crippen LogP contribution in [0.3, 0.4) is 0 Å². The Hall–Kier alpha value is -0.300. The van der Waals surface area contributed by atoms with Gasteiger partial charge in [-0.15, -0.1) is 0 Å². The molecule has 1 saturated carbocycles. The highest BCUT2D eigenvalue weighted by Gasteiger charge is 2.29. The van der Waals surface area contributed by atoms with Crippen molar-refractivity contribution in [1.29, 1.82) is 0 Å². The maximum absolute atomic E-state index is 4.04. The Morgan fingerprint density at radius 3 is 2.69 bits per heavy atom. The second-order valence-corrected chi connectivity index (χ2v) is 4.23. The van der Waals surface area contributed by atoms with E-state index in [2.05, 4.69) is 25.9 Å². The van der Waals surface area contributed by atoms with E-state index < -0.39 is 0 Å². The summed E-state index contributed by atoms with van der Waals surface area (Å²) in [5.41, 5.74) is 1.41. The molecule has 0 heterocycles. The Kier molecular flexibility index (Phi) is 4.51. The predicted molar refractivity (Wildman–Crippen MR) is 58.9 cm³/mol. The van der Waals surface area contributed by atoms with Crippen LogP contribution < -0.4 is 5.32 Å². The zero-order valence-electron chi connectivity index (χ0n) is 9.10. The smallest absolute Gasteiger partial charge is 0.00924 e. The van der Waals surface area contributed by atoms with Crippen molar-refractivity contribution < 1.29 is 0 Å². The Bertz CT molecular complexity index is 159. The van der Waals surface area contributed by atoms with Crippen molar-refractivity contribution in [3.63, 3.8) is 0 Å². The fourth-order valence-electron chi connectivity index (χ4n) is 1.86. The van der Waals surface area contributed by atoms with E-state index in [1.165, 1.54) is 37.7 Å². The zero-order valence-corrected chi connectivity index (χ0v) is 9.10. The summed E-state index contributed by atoms with van der Waals surface area (Å²) >= 11 is 0. The van der Waals surface area contributed by atoms with E-state index in [0.717, 1.165) is 18.4 Å². The summed E-state index contributed by atoms with van der Waals surface area (Å²) in [7, 11) is 2.09. The van der Waals surface area contributed by atoms with Gasteiger partial charge in [-0.25, -0.2) is 0 Å². The van der Waals surface area contributed by atoms with Gasteiger partial charge in [0, 0.05) is 6.04 Å². The third-order valence-electron chi connectivity index (χ3n) is 3.11. The molecular weight excluding hydrogens is 158 g/mol. The average molecular weight is 181 g/mol. The topological polar surface area (TPSA) is 12.0 Å². The highest BCUT2D eigenvalue weighted by atomic mass is 14.9. The van der Waals surface area contributed by atoms with Crippen molar-refractivity contribution in [3.8, 4) is 0 Å². The van der Waals surface area contributed by atoms with Gasteiger partial charge in [0.1, 0.15) is 0 Å². The summed E-state index contributed by atoms with van der Waals surface area (Å²) in [4.78, 5) is 0. The van der Waals surface area contributed by atoms with Gasteiger partial charge in [0.2, 0.25) is 0 Å². The van der Waals surface area contributed by atoms with Gasteiger partial charge in [0.25, 0.3) is 0 Å². The molecule has 0 aromatic rings. The van der Waals surface area contributed by atoms with Crippen LogP contribution in [0.25, 0.3) is 0 Å². The fourth-order valence-corrected chi connectivity index (χ4v) is 1.86. The van der Waals surface area contributed by atoms with Crippen molar-refractivity contribution in [2.24, 2.45) is 5.92 Å². The summed E-state index contributed by atoms with van der Waals surface area (Å²) in [5, 5.41) is 3.43. The SMILES string of the molecule is C=C(CC)CCCC(NC)C1CC1. The third kappa shape index (κ3) is 3.95. The summed E-state index contributed by atoms with van der Waals surface area (Å²) in [6.07, 6.45) is 7.91. The van der Waals surface area contributed by atoms with Crippen LogP contribution >= 0.6 is 0 Å². The largest absolute Gasteiger partial charge is 0.317 e. The lowest BCUT2D eigenvalue weighted by atomic mass is 10.0. The van der Waals surface area contributed by atoms with Gasteiger partial charge in [0.05, 0.1) is 0 Å². The van der Waals surface area contributed by atoms with Gasteiger partial charge >= 0.3 is 0 Å². The highest BCUT2D eigenvalue weighted by Crippen LogP contribution is 2.34. The van der Waals surface area contributed by atoms with Crippen LogP contribution in [0.1, 0.15) is 45.4 Å². The normalized spacial score (nSPS) is 18.6. The number of allylic oxidation sites excluding steroid dienone is 1. The van der Waals surface area contributed by atoms with Crippen LogP contribution in [-0.4, -0.2) is 13.1 Å². The molecule has 1 rings (SSSR count). The van der Waals surface area contributed by atoms with Crippen molar-refractivity contribution >= 4 is 0 Å². The summed E-state index contributed by atoms with van der Waals surface area (Å²) < 4.78 is 0. The van der Waals surface area contributed by atoms with Crippen molar-refractivity contribution in [1.82, 2.24) is 5.32 Å². The van der Waals surface area contributed by atoms with Gasteiger partial charge in [-0.2, -0.15) is 0 Å². The number of rotatable bonds is 7. The van der Waals surface area contributed by atoms with Crippen LogP contribution in [0.4, 0.5) is 0 Å². The molecule has 1 nitrogen and oxygen atoms in total. The molecule has 1 fully saturated rings. The van der Waals surface area contributed by atoms with Gasteiger partial charge in [0.15, 0.2) is 0 Å². The molecule has 1 heteroatoms. The van der Waals surface area contributed by atoms with Crippen LogP contribution in [0.5, 0.6) is 0 Å². The third-order valence-corrected chi connectivity index (χ3v) is 3.11. The second kappa shape index (κ2) is 5.43. The molecule has 1 aliphatic carbocycles. The van der Waals surface area contributed by atoms with E-state index in [1.54, 1.807) is 0 Å². The molecule has 0 bridgehead atoms. The summed E-state index contributed by atoms with van der Waals surface area (Å²) in [6.45, 7) is 6.23. The predicted octanol–water partition coefficient (Wildman–Crippen LogP) is 3.12. The van der Waals surface area contributed by atoms with Crippen molar-refractivity contribution in [3.05, 3.63) is 12.2 Å². The first-order valence-electron chi connectivity index (χ1n) is 5.61. The molecule has 0 amide bonds. The van der Waals surface area contributed by atoms with E-state index >= 15 is 0 Å². The van der Waals surface area contributed by atoms with Crippen LogP contribution in [0.15, 0.2) is 12.2 Å². The Balaban J connectivity index is 2.05. The number of hydrogen-bond acceptors (Lipinski definition) is 1. The molecule has 13 heavy (non-hydrogen) atoms. The summed E-state index contributed by atoms with van der Waals surface area (Å²) in [5.74, 6) is 0.986. The monoisotopic (exact) mass is 181 g/mol. The Labute approximate surface area is 82.6 Å². The quantitative estimate of drug-likeness (QED) is 0.595. The lowest BCUT2D eigenvalue weighted by Gasteiger charge is -2.14. The van der Waals surface area contributed by atoms with E-state index in [9.17, 15) is 0 Å². The van der Waals surface area contributed by atoms with Crippen LogP contribution in [-0.2, 0) is 0 Å². The minimum Gasteiger partial charge on any atom is -0.317 e. The minimum atomic E-state index is 0.782. The summed E-state index contributed by atoms with van der Waals surface area (Å²) in [6, 6.07) is 0.782. The maximum Gasteiger partial charge on any atom is 0.00924 e. The zero-order chi connectivity index (χ0) is 9.68. The molecule has 1 atom stereocenters. The first-order chi connectivity index (χ1) is 6.27. The van der Waals surface area contributed by atoms with Gasteiger partial charge in [-0.1, -0.05) is 19.1 Å². The molecule has 0 aromatic carbocycles. The van der Waals surface area contributed by atoms with Gasteiger partial charge in [-0.3, -0.25) is 0 Å². The molecule has 0 aliphatic heterocycles. The lowest BCUT2D eigenvalue weighted by Crippen LogP contribution is -2.27. The molecule has 0 radical (unpaired) electrons. The Morgan fingerprint density at radius 2 is 2.23 bits per heavy atom. The average Bonchev–Trinajstić information content (AvgIpc) is 2.95. The molecule has 0 spiro atoms. The van der Waals surface area contributed by atoms with Crippen molar-refractivity contribution in [2.75, 3.05) is 7.05 Å². The first-order valence-corrected chi connectivity index (χ1v) is 5.61. The second-order valence-electron chi connectivity index (χ2n) is 4.23. The molecule has 1 unspecified atom stereocenters. The maximum atomic E-state index is 4.04. The molecule has 1 N–H and O–H groups in total. The van der Waals surface area contributed by atoms with Crippen molar-refractivity contribution in [2.45, 2.75) is 51.5 Å². The van der Waals surface area contributed by atoms with Crippen LogP contribution in [0.2, 0.25) is 0 Å². The first kappa shape index (κ1) is 10.8. The van der Waals surface area contributed by atoms with Gasteiger partial charge < -0.3 is 5.32 Å². The van der Waals surface area contributed by atoms with E-state index in [4.69, 9.17) is 0 Å². The molecular formula is C12H23N. The highest BCUT2D eigenvalue weighted by molar-refractivity contribution is 4.93. The molecule has 76 valence electrons. The lowest BCUT2D eigenvalue weighted by molar-refractivity contribution is 0.455. The number of nitrogens with one attached hydrogen (secondary N) is 1. The van der Waals surface area contributed by atoms with E-state index in [1.807, 2.05) is 0 Å². The molecule has 1 aliphatic rings. The molecule has 0 aromatic heterocycles. The molecule has 0 saturated heterocycles. The number of hydrogen-bond donors (Lipinski definition) is 1. The fraction of sp³-hybridized carbons (Fsp3) is 0.833. The Morgan fingerprint density at radius 1 is 1.54 bits per heavy atom. The van der Waals surface area contributed by atoms with Crippen LogP contribution in [0, 0.1) is 5.92 Å².